The minimum absolute atomic E-state index is 0.127. The first kappa shape index (κ1) is 21.4. The molecule has 2 aliphatic heterocycles. The van der Waals surface area contributed by atoms with Crippen LogP contribution in [0.4, 0.5) is 0 Å². The van der Waals surface area contributed by atoms with Crippen molar-refractivity contribution in [3.63, 3.8) is 0 Å². The summed E-state index contributed by atoms with van der Waals surface area (Å²) < 4.78 is 7.71. The number of rotatable bonds is 1. The highest BCUT2D eigenvalue weighted by Gasteiger charge is 2.27. The third kappa shape index (κ3) is 5.27. The zero-order valence-corrected chi connectivity index (χ0v) is 18.3. The second-order valence-electron chi connectivity index (χ2n) is 8.53. The van der Waals surface area contributed by atoms with E-state index < -0.39 is 0 Å². The van der Waals surface area contributed by atoms with E-state index in [0.29, 0.717) is 44.4 Å². The fourth-order valence-corrected chi connectivity index (χ4v) is 4.62. The van der Waals surface area contributed by atoms with Crippen molar-refractivity contribution in [3.8, 4) is 5.75 Å². The minimum Gasteiger partial charge on any atom is -0.492 e. The fraction of sp³-hybridized carbons (Fsp3) is 0.542. The Morgan fingerprint density at radius 1 is 1.10 bits per heavy atom. The average Bonchev–Trinajstić information content (AvgIpc) is 3.22. The van der Waals surface area contributed by atoms with Crippen LogP contribution in [0.1, 0.15) is 54.7 Å². The maximum atomic E-state index is 13.1. The van der Waals surface area contributed by atoms with E-state index in [2.05, 4.69) is 22.0 Å². The number of benzene rings is 1. The minimum atomic E-state index is -0.127. The predicted molar refractivity (Wildman–Crippen MR) is 118 cm³/mol. The lowest BCUT2D eigenvalue weighted by molar-refractivity contribution is -0.135. The van der Waals surface area contributed by atoms with Crippen molar-refractivity contribution in [2.75, 3.05) is 26.2 Å². The van der Waals surface area contributed by atoms with Gasteiger partial charge in [0.1, 0.15) is 12.4 Å². The van der Waals surface area contributed by atoms with Crippen LogP contribution in [0.15, 0.2) is 36.7 Å². The molecule has 0 N–H and O–H groups in total. The first-order valence-electron chi connectivity index (χ1n) is 11.4. The molecule has 2 amide bonds. The van der Waals surface area contributed by atoms with Gasteiger partial charge in [0, 0.05) is 45.0 Å². The van der Waals surface area contributed by atoms with E-state index in [1.54, 1.807) is 21.9 Å². The van der Waals surface area contributed by atoms with Gasteiger partial charge < -0.3 is 19.1 Å². The molecule has 31 heavy (non-hydrogen) atoms. The molecule has 4 rings (SSSR count). The Bertz CT molecular complexity index is 910. The third-order valence-electron chi connectivity index (χ3n) is 6.36. The molecule has 0 radical (unpaired) electrons. The highest BCUT2D eigenvalue weighted by molar-refractivity contribution is 5.90. The van der Waals surface area contributed by atoms with Crippen LogP contribution in [0.2, 0.25) is 0 Å². The van der Waals surface area contributed by atoms with Crippen LogP contribution in [-0.2, 0) is 18.3 Å². The molecule has 1 aromatic heterocycles. The molecule has 0 spiro atoms. The monoisotopic (exact) mass is 424 g/mol. The number of hydrogen-bond acceptors (Lipinski definition) is 4. The van der Waals surface area contributed by atoms with Gasteiger partial charge in [0.05, 0.1) is 6.54 Å². The zero-order chi connectivity index (χ0) is 21.6. The lowest BCUT2D eigenvalue weighted by atomic mass is 9.95. The SMILES string of the molecule is Cn1ccnc1C(=O)N1CCCC(=O)N2CCCCC2CCc2cccc(c2)OCC1. The van der Waals surface area contributed by atoms with Crippen molar-refractivity contribution in [2.45, 2.75) is 51.0 Å². The molecule has 166 valence electrons. The van der Waals surface area contributed by atoms with Crippen molar-refractivity contribution in [1.82, 2.24) is 19.4 Å². The number of aromatic nitrogens is 2. The number of piperidine rings is 1. The Hall–Kier alpha value is -2.83. The predicted octanol–water partition coefficient (Wildman–Crippen LogP) is 3.05. The Labute approximate surface area is 184 Å². The van der Waals surface area contributed by atoms with Gasteiger partial charge >= 0.3 is 0 Å². The summed E-state index contributed by atoms with van der Waals surface area (Å²) >= 11 is 0. The number of amides is 2. The Morgan fingerprint density at radius 2 is 2.00 bits per heavy atom. The molecule has 2 bridgehead atoms. The van der Waals surface area contributed by atoms with E-state index in [1.807, 2.05) is 19.2 Å². The zero-order valence-electron chi connectivity index (χ0n) is 18.3. The van der Waals surface area contributed by atoms with Crippen molar-refractivity contribution >= 4 is 11.8 Å². The standard InChI is InChI=1S/C24H32N4O3/c1-26-15-12-25-23(26)24(30)27-13-5-9-22(29)28-14-3-2-7-20(28)11-10-19-6-4-8-21(18-19)31-17-16-27/h4,6,8,12,15,18,20H,2-3,5,7,9-11,13-14,16-17H2,1H3. The fourth-order valence-electron chi connectivity index (χ4n) is 4.62. The summed E-state index contributed by atoms with van der Waals surface area (Å²) in [6, 6.07) is 8.49. The molecule has 7 nitrogen and oxygen atoms in total. The second kappa shape index (κ2) is 9.98. The summed E-state index contributed by atoms with van der Waals surface area (Å²) in [5, 5.41) is 0. The van der Waals surface area contributed by atoms with E-state index in [1.165, 1.54) is 12.0 Å². The van der Waals surface area contributed by atoms with Crippen LogP contribution in [0.25, 0.3) is 0 Å². The number of aryl methyl sites for hydroxylation is 2. The van der Waals surface area contributed by atoms with E-state index in [4.69, 9.17) is 4.74 Å². The third-order valence-corrected chi connectivity index (χ3v) is 6.36. The maximum Gasteiger partial charge on any atom is 0.289 e. The van der Waals surface area contributed by atoms with Gasteiger partial charge in [0.25, 0.3) is 5.91 Å². The molecule has 3 heterocycles. The number of ether oxygens (including phenoxy) is 1. The summed E-state index contributed by atoms with van der Waals surface area (Å²) in [6.45, 7) is 2.22. The number of hydrogen-bond donors (Lipinski definition) is 0. The topological polar surface area (TPSA) is 67.7 Å². The van der Waals surface area contributed by atoms with Crippen LogP contribution in [-0.4, -0.2) is 63.4 Å². The van der Waals surface area contributed by atoms with Crippen LogP contribution in [0.3, 0.4) is 0 Å². The van der Waals surface area contributed by atoms with Gasteiger partial charge in [-0.2, -0.15) is 0 Å². The number of carbonyl (C=O) groups excluding carboxylic acids is 2. The van der Waals surface area contributed by atoms with Crippen LogP contribution < -0.4 is 4.74 Å². The Morgan fingerprint density at radius 3 is 2.84 bits per heavy atom. The summed E-state index contributed by atoms with van der Waals surface area (Å²) in [5.41, 5.74) is 1.23. The normalized spacial score (nSPS) is 20.9. The van der Waals surface area contributed by atoms with E-state index >= 15 is 0 Å². The lowest BCUT2D eigenvalue weighted by Crippen LogP contribution is -2.44. The molecule has 1 aromatic carbocycles. The summed E-state index contributed by atoms with van der Waals surface area (Å²) in [4.78, 5) is 34.1. The maximum absolute atomic E-state index is 13.1. The number of imidazole rings is 1. The summed E-state index contributed by atoms with van der Waals surface area (Å²) in [5.74, 6) is 1.32. The molecule has 1 fully saturated rings. The first-order chi connectivity index (χ1) is 15.1. The molecule has 1 saturated heterocycles. The van der Waals surface area contributed by atoms with Gasteiger partial charge in [0.15, 0.2) is 5.82 Å². The highest BCUT2D eigenvalue weighted by Crippen LogP contribution is 2.24. The smallest absolute Gasteiger partial charge is 0.289 e. The van der Waals surface area contributed by atoms with Crippen LogP contribution in [0, 0.1) is 0 Å². The largest absolute Gasteiger partial charge is 0.492 e. The number of fused-ring (bicyclic) bond motifs is 3. The molecular weight excluding hydrogens is 392 g/mol. The van der Waals surface area contributed by atoms with Crippen molar-refractivity contribution in [1.29, 1.82) is 0 Å². The molecule has 0 saturated carbocycles. The molecule has 2 aliphatic rings. The van der Waals surface area contributed by atoms with Gasteiger partial charge in [-0.15, -0.1) is 0 Å². The first-order valence-corrected chi connectivity index (χ1v) is 11.4. The van der Waals surface area contributed by atoms with E-state index in [9.17, 15) is 9.59 Å². The van der Waals surface area contributed by atoms with E-state index in [-0.39, 0.29) is 11.8 Å². The summed E-state index contributed by atoms with van der Waals surface area (Å²) in [7, 11) is 1.82. The molecular formula is C24H32N4O3. The second-order valence-corrected chi connectivity index (χ2v) is 8.53. The van der Waals surface area contributed by atoms with Gasteiger partial charge in [-0.05, 0) is 56.2 Å². The van der Waals surface area contributed by atoms with Crippen LogP contribution >= 0.6 is 0 Å². The molecule has 0 aliphatic carbocycles. The number of carbonyl (C=O) groups is 2. The van der Waals surface area contributed by atoms with Crippen molar-refractivity contribution in [3.05, 3.63) is 48.0 Å². The van der Waals surface area contributed by atoms with E-state index in [0.717, 1.165) is 38.0 Å². The molecule has 2 aromatic rings. The van der Waals surface area contributed by atoms with Gasteiger partial charge in [-0.25, -0.2) is 4.98 Å². The quantitative estimate of drug-likeness (QED) is 0.706. The Kier molecular flexibility index (Phi) is 6.89. The average molecular weight is 425 g/mol. The van der Waals surface area contributed by atoms with Gasteiger partial charge in [0.2, 0.25) is 5.91 Å². The molecule has 1 atom stereocenters. The van der Waals surface area contributed by atoms with Gasteiger partial charge in [-0.3, -0.25) is 9.59 Å². The highest BCUT2D eigenvalue weighted by atomic mass is 16.5. The number of nitrogens with zero attached hydrogens (tertiary/aromatic N) is 4. The van der Waals surface area contributed by atoms with Crippen molar-refractivity contribution in [2.24, 2.45) is 7.05 Å². The Balaban J connectivity index is 1.53. The van der Waals surface area contributed by atoms with Crippen LogP contribution in [0.5, 0.6) is 5.75 Å². The molecule has 1 unspecified atom stereocenters. The molecule has 7 heteroatoms. The summed E-state index contributed by atoms with van der Waals surface area (Å²) in [6.07, 6.45) is 9.77. The van der Waals surface area contributed by atoms with Crippen molar-refractivity contribution < 1.29 is 14.3 Å². The van der Waals surface area contributed by atoms with Gasteiger partial charge in [-0.1, -0.05) is 12.1 Å². The lowest BCUT2D eigenvalue weighted by Gasteiger charge is -2.36.